The predicted molar refractivity (Wildman–Crippen MR) is 118 cm³/mol. The zero-order valence-electron chi connectivity index (χ0n) is 17.5. The molecule has 2 aliphatic heterocycles. The number of benzene rings is 1. The Kier molecular flexibility index (Phi) is 7.06. The van der Waals surface area contributed by atoms with Gasteiger partial charge in [0.2, 0.25) is 17.8 Å². The van der Waals surface area contributed by atoms with E-state index >= 15 is 0 Å². The molecule has 2 N–H and O–H groups in total. The van der Waals surface area contributed by atoms with E-state index in [0.29, 0.717) is 31.4 Å². The Morgan fingerprint density at radius 3 is 2.19 bits per heavy atom. The number of anilines is 3. The van der Waals surface area contributed by atoms with Crippen molar-refractivity contribution in [2.24, 2.45) is 5.92 Å². The Bertz CT molecular complexity index is 863. The third-order valence-electron chi connectivity index (χ3n) is 5.61. The summed E-state index contributed by atoms with van der Waals surface area (Å²) in [5, 5.41) is 5.89. The van der Waals surface area contributed by atoms with Crippen LogP contribution in [0.4, 0.5) is 17.3 Å². The number of ether oxygens (including phenoxy) is 1. The van der Waals surface area contributed by atoms with Crippen LogP contribution < -0.4 is 15.5 Å². The van der Waals surface area contributed by atoms with Gasteiger partial charge in [-0.05, 0) is 43.2 Å². The first-order chi connectivity index (χ1) is 15.2. The summed E-state index contributed by atoms with van der Waals surface area (Å²) in [7, 11) is 0. The first-order valence-electron chi connectivity index (χ1n) is 10.7. The quantitative estimate of drug-likeness (QED) is 0.727. The van der Waals surface area contributed by atoms with Crippen LogP contribution in [0.5, 0.6) is 0 Å². The molecule has 2 aliphatic rings. The molecule has 0 aliphatic carbocycles. The predicted octanol–water partition coefficient (Wildman–Crippen LogP) is 1.60. The summed E-state index contributed by atoms with van der Waals surface area (Å²) in [6, 6.07) is 9.04. The van der Waals surface area contributed by atoms with Gasteiger partial charge in [0.1, 0.15) is 0 Å². The minimum absolute atomic E-state index is 0.0257. The standard InChI is InChI=1S/C22H28N6O3/c29-20(16-27-12-14-31-15-13-27)25-18-2-4-19(5-3-18)26-21(30)17-6-10-28(11-7-17)22-23-8-1-9-24-22/h1-5,8-9,17H,6-7,10-16H2,(H,25,29)(H,26,30). The molecule has 3 heterocycles. The maximum absolute atomic E-state index is 12.6. The number of aromatic nitrogens is 2. The fourth-order valence-electron chi connectivity index (χ4n) is 3.84. The van der Waals surface area contributed by atoms with Crippen molar-refractivity contribution in [2.75, 3.05) is 61.5 Å². The van der Waals surface area contributed by atoms with Crippen molar-refractivity contribution in [3.05, 3.63) is 42.7 Å². The molecular formula is C22H28N6O3. The van der Waals surface area contributed by atoms with Gasteiger partial charge in [0.15, 0.2) is 0 Å². The van der Waals surface area contributed by atoms with Crippen LogP contribution in [-0.2, 0) is 14.3 Å². The van der Waals surface area contributed by atoms with Crippen LogP contribution in [0.15, 0.2) is 42.7 Å². The summed E-state index contributed by atoms with van der Waals surface area (Å²) in [4.78, 5) is 37.6. The van der Waals surface area contributed by atoms with Gasteiger partial charge in [0.25, 0.3) is 0 Å². The van der Waals surface area contributed by atoms with Crippen molar-refractivity contribution in [3.8, 4) is 0 Å². The first kappa shape index (κ1) is 21.2. The number of morpholine rings is 1. The molecule has 1 aromatic heterocycles. The van der Waals surface area contributed by atoms with Gasteiger partial charge in [-0.3, -0.25) is 14.5 Å². The molecule has 0 spiro atoms. The van der Waals surface area contributed by atoms with Crippen LogP contribution in [0.25, 0.3) is 0 Å². The van der Waals surface area contributed by atoms with Gasteiger partial charge in [-0.1, -0.05) is 0 Å². The van der Waals surface area contributed by atoms with E-state index in [1.165, 1.54) is 0 Å². The maximum Gasteiger partial charge on any atom is 0.238 e. The number of piperidine rings is 1. The van der Waals surface area contributed by atoms with E-state index in [-0.39, 0.29) is 17.7 Å². The molecule has 31 heavy (non-hydrogen) atoms. The molecule has 2 saturated heterocycles. The number of hydrogen-bond acceptors (Lipinski definition) is 7. The summed E-state index contributed by atoms with van der Waals surface area (Å²) in [6.45, 7) is 4.76. The summed E-state index contributed by atoms with van der Waals surface area (Å²) < 4.78 is 5.30. The molecule has 0 radical (unpaired) electrons. The topological polar surface area (TPSA) is 99.7 Å². The molecule has 4 rings (SSSR count). The molecule has 1 aromatic carbocycles. The number of nitrogens with one attached hydrogen (secondary N) is 2. The van der Waals surface area contributed by atoms with Gasteiger partial charge in [-0.2, -0.15) is 0 Å². The van der Waals surface area contributed by atoms with Crippen molar-refractivity contribution in [1.29, 1.82) is 0 Å². The fraction of sp³-hybridized carbons (Fsp3) is 0.455. The molecule has 2 aromatic rings. The number of carbonyl (C=O) groups is 2. The Morgan fingerprint density at radius 2 is 1.55 bits per heavy atom. The molecule has 9 heteroatoms. The van der Waals surface area contributed by atoms with Crippen molar-refractivity contribution in [1.82, 2.24) is 14.9 Å². The number of carbonyl (C=O) groups excluding carboxylic acids is 2. The molecule has 164 valence electrons. The number of hydrogen-bond donors (Lipinski definition) is 2. The minimum atomic E-state index is -0.0483. The molecule has 2 fully saturated rings. The summed E-state index contributed by atoms with van der Waals surface area (Å²) in [5.74, 6) is 0.658. The van der Waals surface area contributed by atoms with Gasteiger partial charge in [0, 0.05) is 55.9 Å². The van der Waals surface area contributed by atoms with E-state index in [2.05, 4.69) is 30.4 Å². The van der Waals surface area contributed by atoms with Crippen molar-refractivity contribution in [2.45, 2.75) is 12.8 Å². The summed E-state index contributed by atoms with van der Waals surface area (Å²) in [6.07, 6.45) is 4.99. The van der Waals surface area contributed by atoms with Crippen LogP contribution in [0.2, 0.25) is 0 Å². The molecule has 9 nitrogen and oxygen atoms in total. The number of rotatable bonds is 6. The Labute approximate surface area is 181 Å². The molecule has 0 atom stereocenters. The monoisotopic (exact) mass is 424 g/mol. The van der Waals surface area contributed by atoms with Crippen molar-refractivity contribution < 1.29 is 14.3 Å². The van der Waals surface area contributed by atoms with E-state index in [4.69, 9.17) is 4.74 Å². The smallest absolute Gasteiger partial charge is 0.238 e. The summed E-state index contributed by atoms with van der Waals surface area (Å²) in [5.41, 5.74) is 1.44. The highest BCUT2D eigenvalue weighted by Crippen LogP contribution is 2.22. The van der Waals surface area contributed by atoms with E-state index in [1.807, 2.05) is 24.3 Å². The van der Waals surface area contributed by atoms with Gasteiger partial charge >= 0.3 is 0 Å². The third-order valence-corrected chi connectivity index (χ3v) is 5.61. The maximum atomic E-state index is 12.6. The van der Waals surface area contributed by atoms with Crippen molar-refractivity contribution in [3.63, 3.8) is 0 Å². The van der Waals surface area contributed by atoms with Crippen LogP contribution >= 0.6 is 0 Å². The van der Waals surface area contributed by atoms with E-state index < -0.39 is 0 Å². The normalized spacial score (nSPS) is 17.9. The Hall–Kier alpha value is -3.04. The van der Waals surface area contributed by atoms with E-state index in [1.54, 1.807) is 18.5 Å². The second-order valence-electron chi connectivity index (χ2n) is 7.81. The van der Waals surface area contributed by atoms with Gasteiger partial charge in [-0.25, -0.2) is 9.97 Å². The molecule has 0 bridgehead atoms. The van der Waals surface area contributed by atoms with Crippen LogP contribution in [0.3, 0.4) is 0 Å². The summed E-state index contributed by atoms with van der Waals surface area (Å²) >= 11 is 0. The second kappa shape index (κ2) is 10.3. The number of amides is 2. The van der Waals surface area contributed by atoms with Crippen LogP contribution in [-0.4, -0.2) is 72.6 Å². The molecule has 2 amide bonds. The zero-order valence-corrected chi connectivity index (χ0v) is 17.5. The first-order valence-corrected chi connectivity index (χ1v) is 10.7. The lowest BCUT2D eigenvalue weighted by molar-refractivity contribution is -0.120. The fourth-order valence-corrected chi connectivity index (χ4v) is 3.84. The molecule has 0 saturated carbocycles. The lowest BCUT2D eigenvalue weighted by atomic mass is 9.96. The van der Waals surface area contributed by atoms with E-state index in [0.717, 1.165) is 44.7 Å². The zero-order chi connectivity index (χ0) is 21.5. The van der Waals surface area contributed by atoms with Gasteiger partial charge < -0.3 is 20.3 Å². The largest absolute Gasteiger partial charge is 0.379 e. The van der Waals surface area contributed by atoms with Gasteiger partial charge in [-0.15, -0.1) is 0 Å². The van der Waals surface area contributed by atoms with Crippen LogP contribution in [0, 0.1) is 5.92 Å². The molecular weight excluding hydrogens is 396 g/mol. The highest BCUT2D eigenvalue weighted by molar-refractivity contribution is 5.94. The lowest BCUT2D eigenvalue weighted by Gasteiger charge is -2.31. The number of nitrogens with zero attached hydrogens (tertiary/aromatic N) is 4. The Morgan fingerprint density at radius 1 is 0.935 bits per heavy atom. The highest BCUT2D eigenvalue weighted by Gasteiger charge is 2.26. The SMILES string of the molecule is O=C(CN1CCOCC1)Nc1ccc(NC(=O)C2CCN(c3ncccn3)CC2)cc1. The average molecular weight is 425 g/mol. The van der Waals surface area contributed by atoms with Crippen molar-refractivity contribution >= 4 is 29.1 Å². The second-order valence-corrected chi connectivity index (χ2v) is 7.81. The van der Waals surface area contributed by atoms with E-state index in [9.17, 15) is 9.59 Å². The minimum Gasteiger partial charge on any atom is -0.379 e. The molecule has 0 unspecified atom stereocenters. The Balaban J connectivity index is 1.22. The third kappa shape index (κ3) is 5.99. The van der Waals surface area contributed by atoms with Gasteiger partial charge in [0.05, 0.1) is 19.8 Å². The van der Waals surface area contributed by atoms with Crippen LogP contribution in [0.1, 0.15) is 12.8 Å². The average Bonchev–Trinajstić information content (AvgIpc) is 2.81. The highest BCUT2D eigenvalue weighted by atomic mass is 16.5. The lowest BCUT2D eigenvalue weighted by Crippen LogP contribution is -2.41.